The number of para-hydroxylation sites is 1. The van der Waals surface area contributed by atoms with Crippen LogP contribution in [-0.2, 0) is 18.4 Å². The Balaban J connectivity index is 1.43. The van der Waals surface area contributed by atoms with Gasteiger partial charge in [-0.2, -0.15) is 5.10 Å². The van der Waals surface area contributed by atoms with Gasteiger partial charge in [0.15, 0.2) is 0 Å². The van der Waals surface area contributed by atoms with Crippen LogP contribution in [0.4, 0.5) is 0 Å². The van der Waals surface area contributed by atoms with Gasteiger partial charge in [-0.3, -0.25) is 9.48 Å². The zero-order chi connectivity index (χ0) is 20.2. The first-order chi connectivity index (χ1) is 14.1. The Morgan fingerprint density at radius 1 is 1.24 bits per heavy atom. The van der Waals surface area contributed by atoms with E-state index in [4.69, 9.17) is 4.74 Å². The minimum absolute atomic E-state index is 0.0502. The second-order valence-electron chi connectivity index (χ2n) is 7.56. The molecule has 2 aromatic carbocycles. The number of aryl methyl sites for hydroxylation is 2. The zero-order valence-corrected chi connectivity index (χ0v) is 16.8. The molecule has 6 nitrogen and oxygen atoms in total. The fourth-order valence-corrected chi connectivity index (χ4v) is 3.80. The lowest BCUT2D eigenvalue weighted by atomic mass is 9.90. The summed E-state index contributed by atoms with van der Waals surface area (Å²) in [6.07, 6.45) is 3.84. The highest BCUT2D eigenvalue weighted by molar-refractivity contribution is 5.80. The smallest absolute Gasteiger partial charge is 0.225 e. The van der Waals surface area contributed by atoms with Crippen LogP contribution in [-0.4, -0.2) is 28.8 Å². The van der Waals surface area contributed by atoms with Gasteiger partial charge in [0.05, 0.1) is 12.1 Å². The third-order valence-corrected chi connectivity index (χ3v) is 5.35. The second kappa shape index (κ2) is 8.49. The average Bonchev–Trinajstić information content (AvgIpc) is 3.36. The number of benzene rings is 2. The molecule has 1 fully saturated rings. The Hall–Kier alpha value is -3.12. The lowest BCUT2D eigenvalue weighted by Crippen LogP contribution is -2.34. The Kier molecular flexibility index (Phi) is 5.62. The average molecular weight is 390 g/mol. The first-order valence-corrected chi connectivity index (χ1v) is 9.89. The minimum atomic E-state index is -0.107. The van der Waals surface area contributed by atoms with Crippen LogP contribution in [0.2, 0.25) is 0 Å². The van der Waals surface area contributed by atoms with Gasteiger partial charge in [-0.25, -0.2) is 0 Å². The molecule has 1 aliphatic rings. The second-order valence-corrected chi connectivity index (χ2v) is 7.56. The lowest BCUT2D eigenvalue weighted by molar-refractivity contribution is -0.125. The molecule has 2 heterocycles. The molecule has 0 bridgehead atoms. The topological polar surface area (TPSA) is 68.2 Å². The molecule has 2 N–H and O–H groups in total. The van der Waals surface area contributed by atoms with Gasteiger partial charge < -0.3 is 15.4 Å². The molecule has 3 aromatic rings. The van der Waals surface area contributed by atoms with E-state index in [1.807, 2.05) is 74.9 Å². The maximum absolute atomic E-state index is 12.9. The number of hydrogen-bond acceptors (Lipinski definition) is 4. The highest BCUT2D eigenvalue weighted by Crippen LogP contribution is 2.29. The SMILES string of the molecule is Cc1cccc(Oc2ccccc2CNC(=O)[C@H]2CNC[C@@H]2c2cnn(C)c2)c1. The van der Waals surface area contributed by atoms with Crippen molar-refractivity contribution in [3.63, 3.8) is 0 Å². The predicted octanol–water partition coefficient (Wildman–Crippen LogP) is 3.14. The molecule has 0 aliphatic carbocycles. The molecule has 0 spiro atoms. The molecule has 0 saturated carbocycles. The first kappa shape index (κ1) is 19.2. The van der Waals surface area contributed by atoms with Gasteiger partial charge in [0.2, 0.25) is 5.91 Å². The predicted molar refractivity (Wildman–Crippen MR) is 112 cm³/mol. The molecule has 0 unspecified atom stereocenters. The molecule has 1 amide bonds. The molecule has 150 valence electrons. The van der Waals surface area contributed by atoms with Gasteiger partial charge in [-0.05, 0) is 36.2 Å². The molecule has 6 heteroatoms. The lowest BCUT2D eigenvalue weighted by Gasteiger charge is -2.18. The van der Waals surface area contributed by atoms with Crippen molar-refractivity contribution in [3.05, 3.63) is 77.6 Å². The van der Waals surface area contributed by atoms with Crippen LogP contribution in [0.15, 0.2) is 60.9 Å². The Morgan fingerprint density at radius 2 is 2.10 bits per heavy atom. The van der Waals surface area contributed by atoms with E-state index in [1.54, 1.807) is 4.68 Å². The number of carbonyl (C=O) groups excluding carboxylic acids is 1. The fourth-order valence-electron chi connectivity index (χ4n) is 3.80. The highest BCUT2D eigenvalue weighted by Gasteiger charge is 2.34. The van der Waals surface area contributed by atoms with E-state index in [-0.39, 0.29) is 17.7 Å². The summed E-state index contributed by atoms with van der Waals surface area (Å²) >= 11 is 0. The van der Waals surface area contributed by atoms with Crippen LogP contribution in [0.3, 0.4) is 0 Å². The van der Waals surface area contributed by atoms with Gasteiger partial charge in [-0.15, -0.1) is 0 Å². The van der Waals surface area contributed by atoms with Gasteiger partial charge in [0, 0.05) is 44.4 Å². The van der Waals surface area contributed by atoms with Crippen molar-refractivity contribution in [2.45, 2.75) is 19.4 Å². The summed E-state index contributed by atoms with van der Waals surface area (Å²) in [6, 6.07) is 15.8. The van der Waals surface area contributed by atoms with E-state index in [1.165, 1.54) is 0 Å². The normalized spacial score (nSPS) is 18.6. The minimum Gasteiger partial charge on any atom is -0.457 e. The summed E-state index contributed by atoms with van der Waals surface area (Å²) in [6.45, 7) is 3.92. The van der Waals surface area contributed by atoms with Crippen molar-refractivity contribution >= 4 is 5.91 Å². The molecule has 0 radical (unpaired) electrons. The van der Waals surface area contributed by atoms with Crippen molar-refractivity contribution in [2.24, 2.45) is 13.0 Å². The van der Waals surface area contributed by atoms with Gasteiger partial charge >= 0.3 is 0 Å². The molecular formula is C23H26N4O2. The molecule has 1 saturated heterocycles. The highest BCUT2D eigenvalue weighted by atomic mass is 16.5. The summed E-state index contributed by atoms with van der Waals surface area (Å²) in [7, 11) is 1.89. The molecule has 29 heavy (non-hydrogen) atoms. The monoisotopic (exact) mass is 390 g/mol. The number of amides is 1. The molecular weight excluding hydrogens is 364 g/mol. The number of aromatic nitrogens is 2. The van der Waals surface area contributed by atoms with Crippen molar-refractivity contribution in [2.75, 3.05) is 13.1 Å². The van der Waals surface area contributed by atoms with E-state index < -0.39 is 0 Å². The molecule has 4 rings (SSSR count). The largest absolute Gasteiger partial charge is 0.457 e. The Labute approximate surface area is 170 Å². The van der Waals surface area contributed by atoms with Crippen molar-refractivity contribution in [1.82, 2.24) is 20.4 Å². The summed E-state index contributed by atoms with van der Waals surface area (Å²) in [5.41, 5.74) is 3.19. The van der Waals surface area contributed by atoms with Crippen LogP contribution in [0.5, 0.6) is 11.5 Å². The van der Waals surface area contributed by atoms with E-state index >= 15 is 0 Å². The third kappa shape index (κ3) is 4.49. The van der Waals surface area contributed by atoms with Crippen molar-refractivity contribution in [3.8, 4) is 11.5 Å². The first-order valence-electron chi connectivity index (χ1n) is 9.89. The van der Waals surface area contributed by atoms with E-state index in [0.717, 1.165) is 34.7 Å². The zero-order valence-electron chi connectivity index (χ0n) is 16.8. The van der Waals surface area contributed by atoms with E-state index in [9.17, 15) is 4.79 Å². The molecule has 1 aliphatic heterocycles. The standard InChI is InChI=1S/C23H26N4O2/c1-16-6-5-8-19(10-16)29-22-9-4-3-7-17(22)11-25-23(28)21-14-24-13-20(21)18-12-26-27(2)15-18/h3-10,12,15,20-21,24H,11,13-14H2,1-2H3,(H,25,28)/t20-,21+/m1/s1. The summed E-state index contributed by atoms with van der Waals surface area (Å²) in [5.74, 6) is 1.63. The summed E-state index contributed by atoms with van der Waals surface area (Å²) < 4.78 is 7.85. The number of nitrogens with one attached hydrogen (secondary N) is 2. The molecule has 2 atom stereocenters. The number of rotatable bonds is 6. The van der Waals surface area contributed by atoms with Gasteiger partial charge in [0.25, 0.3) is 0 Å². The fraction of sp³-hybridized carbons (Fsp3) is 0.304. The maximum atomic E-state index is 12.9. The summed E-state index contributed by atoms with van der Waals surface area (Å²) in [4.78, 5) is 12.9. The maximum Gasteiger partial charge on any atom is 0.225 e. The summed E-state index contributed by atoms with van der Waals surface area (Å²) in [5, 5.41) is 10.7. The third-order valence-electron chi connectivity index (χ3n) is 5.35. The quantitative estimate of drug-likeness (QED) is 0.679. The molecule has 1 aromatic heterocycles. The van der Waals surface area contributed by atoms with Crippen LogP contribution < -0.4 is 15.4 Å². The number of carbonyl (C=O) groups is 1. The Bertz CT molecular complexity index is 998. The van der Waals surface area contributed by atoms with Crippen molar-refractivity contribution in [1.29, 1.82) is 0 Å². The van der Waals surface area contributed by atoms with Crippen LogP contribution in [0, 0.1) is 12.8 Å². The van der Waals surface area contributed by atoms with Gasteiger partial charge in [-0.1, -0.05) is 30.3 Å². The number of hydrogen-bond donors (Lipinski definition) is 2. The Morgan fingerprint density at radius 3 is 2.90 bits per heavy atom. The van der Waals surface area contributed by atoms with E-state index in [0.29, 0.717) is 13.1 Å². The van der Waals surface area contributed by atoms with Crippen LogP contribution in [0.1, 0.15) is 22.6 Å². The van der Waals surface area contributed by atoms with Crippen LogP contribution in [0.25, 0.3) is 0 Å². The number of ether oxygens (including phenoxy) is 1. The van der Waals surface area contributed by atoms with E-state index in [2.05, 4.69) is 15.7 Å². The van der Waals surface area contributed by atoms with Crippen molar-refractivity contribution < 1.29 is 9.53 Å². The van der Waals surface area contributed by atoms with Crippen LogP contribution >= 0.6 is 0 Å². The van der Waals surface area contributed by atoms with Gasteiger partial charge in [0.1, 0.15) is 11.5 Å². The number of nitrogens with zero attached hydrogens (tertiary/aromatic N) is 2.